The molecule has 1 saturated heterocycles. The maximum absolute atomic E-state index is 14.7. The van der Waals surface area contributed by atoms with Gasteiger partial charge < -0.3 is 25.2 Å². The lowest BCUT2D eigenvalue weighted by Gasteiger charge is -2.45. The Bertz CT molecular complexity index is 444. The third-order valence-corrected chi connectivity index (χ3v) is 3.41. The fourth-order valence-corrected chi connectivity index (χ4v) is 2.22. The lowest BCUT2D eigenvalue weighted by molar-refractivity contribution is -0.340. The van der Waals surface area contributed by atoms with Crippen molar-refractivity contribution in [3.05, 3.63) is 35.9 Å². The van der Waals surface area contributed by atoms with Crippen molar-refractivity contribution in [1.82, 2.24) is 0 Å². The van der Waals surface area contributed by atoms with Gasteiger partial charge in [-0.3, -0.25) is 0 Å². The molecule has 1 aromatic carbocycles. The van der Waals surface area contributed by atoms with Crippen LogP contribution in [0.1, 0.15) is 11.7 Å². The molecule has 6 atom stereocenters. The normalized spacial score (nSPS) is 39.5. The highest BCUT2D eigenvalue weighted by atomic mass is 19.2. The molecule has 2 rings (SSSR count). The number of hydrogen-bond donors (Lipinski definition) is 4. The molecule has 5 nitrogen and oxygen atoms in total. The maximum Gasteiger partial charge on any atom is 0.274 e. The molecule has 1 aliphatic heterocycles. The standard InChI is InChI=1S/C13H16F2O5/c14-11(7-4-2-1-3-5-7)13(15)12(19)10(18)9(17)8(6-16)20-13/h1-5,8-12,16-19H,6H2/t8-,9-,10+,11?,12-,13?/m1/s1. The summed E-state index contributed by atoms with van der Waals surface area (Å²) in [5.41, 5.74) is -0.0886. The molecule has 0 radical (unpaired) electrons. The summed E-state index contributed by atoms with van der Waals surface area (Å²) in [6, 6.07) is 7.17. The van der Waals surface area contributed by atoms with E-state index in [4.69, 9.17) is 5.11 Å². The van der Waals surface area contributed by atoms with E-state index < -0.39 is 43.0 Å². The molecule has 4 N–H and O–H groups in total. The number of aliphatic hydroxyl groups is 4. The van der Waals surface area contributed by atoms with Crippen molar-refractivity contribution < 1.29 is 33.9 Å². The predicted molar refractivity (Wildman–Crippen MR) is 64.1 cm³/mol. The van der Waals surface area contributed by atoms with Gasteiger partial charge >= 0.3 is 0 Å². The molecule has 0 spiro atoms. The van der Waals surface area contributed by atoms with Crippen LogP contribution in [0.2, 0.25) is 0 Å². The molecule has 0 aromatic heterocycles. The van der Waals surface area contributed by atoms with Crippen LogP contribution in [-0.2, 0) is 4.74 Å². The van der Waals surface area contributed by atoms with Gasteiger partial charge in [0.15, 0.2) is 6.17 Å². The second kappa shape index (κ2) is 5.71. The van der Waals surface area contributed by atoms with Crippen LogP contribution in [0.4, 0.5) is 8.78 Å². The van der Waals surface area contributed by atoms with E-state index in [0.717, 1.165) is 0 Å². The Morgan fingerprint density at radius 3 is 2.30 bits per heavy atom. The van der Waals surface area contributed by atoms with Crippen molar-refractivity contribution in [3.63, 3.8) is 0 Å². The topological polar surface area (TPSA) is 90.2 Å². The molecule has 0 saturated carbocycles. The molecule has 1 heterocycles. The lowest BCUT2D eigenvalue weighted by Crippen LogP contribution is -2.64. The molecule has 1 aromatic rings. The molecule has 0 bridgehead atoms. The molecular formula is C13H16F2O5. The monoisotopic (exact) mass is 290 g/mol. The molecule has 112 valence electrons. The Morgan fingerprint density at radius 1 is 1.15 bits per heavy atom. The van der Waals surface area contributed by atoms with Crippen LogP contribution in [0.15, 0.2) is 30.3 Å². The van der Waals surface area contributed by atoms with Crippen molar-refractivity contribution >= 4 is 0 Å². The lowest BCUT2D eigenvalue weighted by atomic mass is 9.88. The first-order chi connectivity index (χ1) is 9.41. The zero-order chi connectivity index (χ0) is 14.9. The van der Waals surface area contributed by atoms with Crippen molar-refractivity contribution in [3.8, 4) is 0 Å². The van der Waals surface area contributed by atoms with Crippen LogP contribution in [0, 0.1) is 0 Å². The Morgan fingerprint density at radius 2 is 1.75 bits per heavy atom. The van der Waals surface area contributed by atoms with E-state index >= 15 is 0 Å². The minimum atomic E-state index is -3.26. The fraction of sp³-hybridized carbons (Fsp3) is 0.538. The van der Waals surface area contributed by atoms with Crippen molar-refractivity contribution in [2.45, 2.75) is 36.4 Å². The summed E-state index contributed by atoms with van der Waals surface area (Å²) < 4.78 is 33.7. The number of ether oxygens (including phenoxy) is 1. The number of halogens is 2. The zero-order valence-electron chi connectivity index (χ0n) is 10.4. The molecule has 2 unspecified atom stereocenters. The molecule has 20 heavy (non-hydrogen) atoms. The highest BCUT2D eigenvalue weighted by molar-refractivity contribution is 5.21. The van der Waals surface area contributed by atoms with E-state index in [0.29, 0.717) is 0 Å². The van der Waals surface area contributed by atoms with Gasteiger partial charge in [0.1, 0.15) is 24.4 Å². The van der Waals surface area contributed by atoms with Crippen LogP contribution in [-0.4, -0.2) is 57.3 Å². The van der Waals surface area contributed by atoms with E-state index in [1.165, 1.54) is 24.3 Å². The summed E-state index contributed by atoms with van der Waals surface area (Å²) in [6.07, 6.45) is -9.86. The molecule has 0 aliphatic carbocycles. The summed E-state index contributed by atoms with van der Waals surface area (Å²) in [5, 5.41) is 37.8. The molecule has 7 heteroatoms. The Labute approximate surface area is 114 Å². The fourth-order valence-electron chi connectivity index (χ4n) is 2.22. The van der Waals surface area contributed by atoms with E-state index in [-0.39, 0.29) is 5.56 Å². The van der Waals surface area contributed by atoms with Crippen LogP contribution in [0.5, 0.6) is 0 Å². The van der Waals surface area contributed by atoms with Gasteiger partial charge in [-0.1, -0.05) is 30.3 Å². The van der Waals surface area contributed by atoms with E-state index in [1.54, 1.807) is 6.07 Å². The number of benzene rings is 1. The quantitative estimate of drug-likeness (QED) is 0.621. The minimum Gasteiger partial charge on any atom is -0.394 e. The van der Waals surface area contributed by atoms with Crippen molar-refractivity contribution in [1.29, 1.82) is 0 Å². The van der Waals surface area contributed by atoms with Gasteiger partial charge in [0.25, 0.3) is 5.85 Å². The van der Waals surface area contributed by atoms with Gasteiger partial charge in [-0.2, -0.15) is 0 Å². The summed E-state index contributed by atoms with van der Waals surface area (Å²) in [5.74, 6) is -3.26. The van der Waals surface area contributed by atoms with E-state index in [1.807, 2.05) is 0 Å². The first kappa shape index (κ1) is 15.3. The highest BCUT2D eigenvalue weighted by Crippen LogP contribution is 2.42. The molecule has 1 fully saturated rings. The van der Waals surface area contributed by atoms with Crippen LogP contribution in [0.25, 0.3) is 0 Å². The minimum absolute atomic E-state index is 0.0886. The average Bonchev–Trinajstić information content (AvgIpc) is 2.49. The first-order valence-electron chi connectivity index (χ1n) is 6.12. The number of alkyl halides is 2. The van der Waals surface area contributed by atoms with Crippen LogP contribution >= 0.6 is 0 Å². The maximum atomic E-state index is 14.7. The van der Waals surface area contributed by atoms with Gasteiger partial charge in [0.2, 0.25) is 0 Å². The number of aliphatic hydroxyl groups excluding tert-OH is 4. The zero-order valence-corrected chi connectivity index (χ0v) is 10.4. The Balaban J connectivity index is 2.32. The van der Waals surface area contributed by atoms with Crippen molar-refractivity contribution in [2.75, 3.05) is 6.61 Å². The van der Waals surface area contributed by atoms with E-state index in [2.05, 4.69) is 4.74 Å². The van der Waals surface area contributed by atoms with Gasteiger partial charge in [0, 0.05) is 0 Å². The Kier molecular flexibility index (Phi) is 4.36. The third kappa shape index (κ3) is 2.43. The average molecular weight is 290 g/mol. The second-order valence-electron chi connectivity index (χ2n) is 4.74. The predicted octanol–water partition coefficient (Wildman–Crippen LogP) is -0.163. The summed E-state index contributed by atoms with van der Waals surface area (Å²) in [4.78, 5) is 0. The molecule has 1 aliphatic rings. The van der Waals surface area contributed by atoms with E-state index in [9.17, 15) is 24.1 Å². The summed E-state index contributed by atoms with van der Waals surface area (Å²) in [6.45, 7) is -0.821. The number of hydrogen-bond acceptors (Lipinski definition) is 5. The smallest absolute Gasteiger partial charge is 0.274 e. The Hall–Kier alpha value is -1.12. The SMILES string of the molecule is OC[C@H]1OC(F)(C(F)c2ccccc2)[C@H](O)[C@@H](O)[C@@H]1O. The van der Waals surface area contributed by atoms with Gasteiger partial charge in [-0.25, -0.2) is 8.78 Å². The summed E-state index contributed by atoms with van der Waals surface area (Å²) >= 11 is 0. The molecule has 0 amide bonds. The second-order valence-corrected chi connectivity index (χ2v) is 4.74. The summed E-state index contributed by atoms with van der Waals surface area (Å²) in [7, 11) is 0. The third-order valence-electron chi connectivity index (χ3n) is 3.41. The molecular weight excluding hydrogens is 274 g/mol. The van der Waals surface area contributed by atoms with Crippen molar-refractivity contribution in [2.24, 2.45) is 0 Å². The van der Waals surface area contributed by atoms with Gasteiger partial charge in [-0.15, -0.1) is 0 Å². The first-order valence-corrected chi connectivity index (χ1v) is 6.12. The van der Waals surface area contributed by atoms with Gasteiger partial charge in [0.05, 0.1) is 6.61 Å². The van der Waals surface area contributed by atoms with Gasteiger partial charge in [-0.05, 0) is 5.56 Å². The number of rotatable bonds is 3. The highest BCUT2D eigenvalue weighted by Gasteiger charge is 2.59. The van der Waals surface area contributed by atoms with Crippen LogP contribution < -0.4 is 0 Å². The largest absolute Gasteiger partial charge is 0.394 e. The van der Waals surface area contributed by atoms with Crippen LogP contribution in [0.3, 0.4) is 0 Å².